The van der Waals surface area contributed by atoms with Crippen molar-refractivity contribution in [3.05, 3.63) is 71.3 Å². The predicted molar refractivity (Wildman–Crippen MR) is 136 cm³/mol. The molecule has 0 saturated heterocycles. The number of hydrogen-bond acceptors (Lipinski definition) is 7. The number of pyridine rings is 1. The monoisotopic (exact) mass is 559 g/mol. The van der Waals surface area contributed by atoms with Crippen molar-refractivity contribution < 1.29 is 26.1 Å². The molecule has 1 fully saturated rings. The van der Waals surface area contributed by atoms with E-state index in [9.17, 15) is 26.9 Å². The van der Waals surface area contributed by atoms with Crippen molar-refractivity contribution in [2.24, 2.45) is 4.99 Å². The van der Waals surface area contributed by atoms with Crippen molar-refractivity contribution in [1.29, 1.82) is 5.26 Å². The molecule has 12 heteroatoms. The molecule has 1 atom stereocenters. The molecule has 1 unspecified atom stereocenters. The van der Waals surface area contributed by atoms with E-state index in [0.29, 0.717) is 11.1 Å². The number of benzene rings is 1. The van der Waals surface area contributed by atoms with E-state index < -0.39 is 45.0 Å². The van der Waals surface area contributed by atoms with Crippen LogP contribution in [0.5, 0.6) is 0 Å². The summed E-state index contributed by atoms with van der Waals surface area (Å²) in [6.45, 7) is 4.67. The lowest BCUT2D eigenvalue weighted by molar-refractivity contribution is -0.0919. The van der Waals surface area contributed by atoms with E-state index in [-0.39, 0.29) is 27.2 Å². The van der Waals surface area contributed by atoms with Crippen molar-refractivity contribution >= 4 is 15.7 Å². The van der Waals surface area contributed by atoms with Crippen LogP contribution in [0.3, 0.4) is 0 Å². The minimum absolute atomic E-state index is 0.165. The number of hydrogen-bond donors (Lipinski definition) is 0. The molecule has 39 heavy (non-hydrogen) atoms. The quantitative estimate of drug-likeness (QED) is 0.347. The van der Waals surface area contributed by atoms with Crippen LogP contribution in [0.4, 0.5) is 17.7 Å². The third kappa shape index (κ3) is 4.58. The Balaban J connectivity index is 1.59. The lowest BCUT2D eigenvalue weighted by atomic mass is 9.95. The fourth-order valence-electron chi connectivity index (χ4n) is 4.74. The first-order chi connectivity index (χ1) is 18.3. The fraction of sp³-hybridized carbons (Fsp3) is 0.370. The summed E-state index contributed by atoms with van der Waals surface area (Å²) >= 11 is 0. The van der Waals surface area contributed by atoms with Gasteiger partial charge in [0.05, 0.1) is 33.4 Å². The first-order valence-corrected chi connectivity index (χ1v) is 14.0. The van der Waals surface area contributed by atoms with Gasteiger partial charge in [0.25, 0.3) is 0 Å². The van der Waals surface area contributed by atoms with Crippen molar-refractivity contribution in [2.45, 2.75) is 62.3 Å². The first-order valence-electron chi connectivity index (χ1n) is 12.4. The maximum absolute atomic E-state index is 15.8. The Morgan fingerprint density at radius 1 is 1.18 bits per heavy atom. The Morgan fingerprint density at radius 2 is 1.85 bits per heavy atom. The van der Waals surface area contributed by atoms with Crippen LogP contribution < -0.4 is 0 Å². The summed E-state index contributed by atoms with van der Waals surface area (Å²) in [4.78, 5) is 9.29. The molecule has 2 aliphatic heterocycles. The van der Waals surface area contributed by atoms with Crippen molar-refractivity contribution in [3.8, 4) is 17.2 Å². The number of sulfone groups is 1. The lowest BCUT2D eigenvalue weighted by Crippen LogP contribution is -2.47. The van der Waals surface area contributed by atoms with Crippen molar-refractivity contribution in [2.75, 3.05) is 5.75 Å². The predicted octanol–water partition coefficient (Wildman–Crippen LogP) is 5.42. The van der Waals surface area contributed by atoms with Gasteiger partial charge in [-0.15, -0.1) is 0 Å². The number of alkyl halides is 3. The summed E-state index contributed by atoms with van der Waals surface area (Å²) in [6, 6.07) is 10.4. The zero-order valence-electron chi connectivity index (χ0n) is 21.4. The summed E-state index contributed by atoms with van der Waals surface area (Å²) in [5.74, 6) is -0.787. The van der Waals surface area contributed by atoms with E-state index in [0.717, 1.165) is 30.7 Å². The second kappa shape index (κ2) is 9.19. The van der Waals surface area contributed by atoms with Crippen molar-refractivity contribution in [3.63, 3.8) is 0 Å². The molecule has 0 radical (unpaired) electrons. The number of rotatable bonds is 6. The number of aliphatic imine (C=N–C) groups is 1. The Labute approximate surface area is 223 Å². The van der Waals surface area contributed by atoms with Gasteiger partial charge in [0.2, 0.25) is 0 Å². The maximum Gasteiger partial charge on any atom is 0.417 e. The number of allylic oxidation sites excluding steroid dienone is 2. The number of halogens is 4. The SMILES string of the molecule is CCS(=O)(=O)c1cc(-c2ccc(C3(C#N)CC3)cc2)cnc1C1=NC2=CC(C(F)(F)F)=CN(C(C)C)C2N1F. The minimum atomic E-state index is -4.68. The molecular weight excluding hydrogens is 534 g/mol. The van der Waals surface area contributed by atoms with Crippen LogP contribution in [-0.2, 0) is 15.3 Å². The zero-order chi connectivity index (χ0) is 28.3. The number of nitriles is 1. The Hall–Kier alpha value is -3.72. The summed E-state index contributed by atoms with van der Waals surface area (Å²) in [5.41, 5.74) is 0.0237. The molecule has 3 heterocycles. The Kier molecular flexibility index (Phi) is 6.33. The average Bonchev–Trinajstić information content (AvgIpc) is 3.64. The Morgan fingerprint density at radius 3 is 2.38 bits per heavy atom. The van der Waals surface area contributed by atoms with Gasteiger partial charge in [0.15, 0.2) is 21.8 Å². The first kappa shape index (κ1) is 26.9. The van der Waals surface area contributed by atoms with Gasteiger partial charge in [-0.3, -0.25) is 4.98 Å². The largest absolute Gasteiger partial charge is 0.417 e. The van der Waals surface area contributed by atoms with E-state index in [4.69, 9.17) is 0 Å². The smallest absolute Gasteiger partial charge is 0.347 e. The Bertz CT molecular complexity index is 1570. The molecular formula is C27H25F4N5O2S. The molecule has 5 rings (SSSR count). The molecule has 7 nitrogen and oxygen atoms in total. The number of amidine groups is 1. The molecule has 204 valence electrons. The normalized spacial score (nSPS) is 20.3. The summed E-state index contributed by atoms with van der Waals surface area (Å²) in [7, 11) is -3.95. The molecule has 1 aromatic carbocycles. The van der Waals surface area contributed by atoms with Gasteiger partial charge >= 0.3 is 6.18 Å². The number of nitrogens with zero attached hydrogens (tertiary/aromatic N) is 5. The van der Waals surface area contributed by atoms with Crippen LogP contribution in [0.1, 0.15) is 44.9 Å². The van der Waals surface area contributed by atoms with Gasteiger partial charge in [-0.1, -0.05) is 35.7 Å². The van der Waals surface area contributed by atoms with Gasteiger partial charge in [-0.2, -0.15) is 23.6 Å². The fourth-order valence-corrected chi connectivity index (χ4v) is 5.80. The zero-order valence-corrected chi connectivity index (χ0v) is 22.2. The van der Waals surface area contributed by atoms with E-state index in [1.54, 1.807) is 26.0 Å². The summed E-state index contributed by atoms with van der Waals surface area (Å²) in [5, 5.41) is 9.61. The number of aromatic nitrogens is 1. The van der Waals surface area contributed by atoms with Crippen LogP contribution in [0.15, 0.2) is 70.0 Å². The molecule has 1 aromatic heterocycles. The highest BCUT2D eigenvalue weighted by atomic mass is 32.2. The topological polar surface area (TPSA) is 89.7 Å². The molecule has 2 aromatic rings. The van der Waals surface area contributed by atoms with Gasteiger partial charge in [0.1, 0.15) is 5.69 Å². The maximum atomic E-state index is 15.8. The van der Waals surface area contributed by atoms with Crippen molar-refractivity contribution in [1.82, 2.24) is 15.0 Å². The second-order valence-corrected chi connectivity index (χ2v) is 12.3. The third-order valence-corrected chi connectivity index (χ3v) is 8.97. The van der Waals surface area contributed by atoms with Gasteiger partial charge in [-0.25, -0.2) is 13.4 Å². The van der Waals surface area contributed by atoms with E-state index >= 15 is 4.48 Å². The highest BCUT2D eigenvalue weighted by Gasteiger charge is 2.46. The van der Waals surface area contributed by atoms with Gasteiger partial charge < -0.3 is 4.90 Å². The van der Waals surface area contributed by atoms with E-state index in [1.807, 2.05) is 12.1 Å². The molecule has 1 saturated carbocycles. The van der Waals surface area contributed by atoms with Gasteiger partial charge in [-0.05, 0) is 50.0 Å². The lowest BCUT2D eigenvalue weighted by Gasteiger charge is -2.37. The van der Waals surface area contributed by atoms with Crippen LogP contribution in [0, 0.1) is 11.3 Å². The standard InChI is InChI=1S/C27H25F4N5O2S/c1-4-39(37,38)22-11-18(17-5-7-19(8-6-17)26(15-32)9-10-26)13-33-23(22)24-34-21-12-20(27(28,29)30)14-35(16(2)3)25(21)36(24)31/h5-8,11-14,16,25H,4,9-10H2,1-3H3. The highest BCUT2D eigenvalue weighted by Crippen LogP contribution is 2.47. The number of fused-ring (bicyclic) bond motifs is 1. The molecule has 3 aliphatic rings. The van der Waals surface area contributed by atoms with E-state index in [2.05, 4.69) is 16.0 Å². The van der Waals surface area contributed by atoms with Crippen LogP contribution in [0.25, 0.3) is 11.1 Å². The van der Waals surface area contributed by atoms with Crippen LogP contribution >= 0.6 is 0 Å². The summed E-state index contributed by atoms with van der Waals surface area (Å²) < 4.78 is 82.6. The molecule has 0 amide bonds. The van der Waals surface area contributed by atoms with Crippen LogP contribution in [0.2, 0.25) is 0 Å². The summed E-state index contributed by atoms with van der Waals surface area (Å²) in [6.07, 6.45) is -1.43. The molecule has 0 bridgehead atoms. The highest BCUT2D eigenvalue weighted by molar-refractivity contribution is 7.91. The molecule has 0 spiro atoms. The van der Waals surface area contributed by atoms with E-state index in [1.165, 1.54) is 24.1 Å². The third-order valence-electron chi connectivity index (χ3n) is 7.23. The molecule has 1 aliphatic carbocycles. The molecule has 0 N–H and O–H groups in total. The van der Waals surface area contributed by atoms with Gasteiger partial charge in [0, 0.05) is 24.0 Å². The average molecular weight is 560 g/mol. The van der Waals surface area contributed by atoms with Crippen LogP contribution in [-0.4, -0.2) is 53.4 Å². The second-order valence-electron chi connectivity index (χ2n) is 10.1. The minimum Gasteiger partial charge on any atom is -0.347 e.